The Balaban J connectivity index is 1.94. The Bertz CT molecular complexity index is 722. The van der Waals surface area contributed by atoms with Gasteiger partial charge in [0.1, 0.15) is 23.7 Å². The smallest absolute Gasteiger partial charge is 0.129 e. The molecule has 4 rings (SSSR count). The van der Waals surface area contributed by atoms with Crippen LogP contribution in [0, 0.1) is 5.92 Å². The first-order chi connectivity index (χ1) is 12.7. The van der Waals surface area contributed by atoms with Gasteiger partial charge in [-0.2, -0.15) is 0 Å². The largest absolute Gasteiger partial charge is 0.497 e. The normalized spacial score (nSPS) is 29.5. The standard InChI is InChI=1S/C22H32N2O3/c1-21(2)19-11-12-22(3,27-21)20(23-26-14-13-24(4)5)18(19)15-16-7-9-17(25-6)10-8-16/h7-10,15,19H,11-14H2,1-6H3/b18-15-,23-20+/t19-,22+/m1/s1. The number of rotatable bonds is 6. The molecule has 27 heavy (non-hydrogen) atoms. The molecule has 1 aromatic rings. The van der Waals surface area contributed by atoms with Gasteiger partial charge in [-0.1, -0.05) is 17.3 Å². The van der Waals surface area contributed by atoms with Crippen LogP contribution in [0.1, 0.15) is 39.2 Å². The van der Waals surface area contributed by atoms with Gasteiger partial charge in [-0.15, -0.1) is 0 Å². The summed E-state index contributed by atoms with van der Waals surface area (Å²) < 4.78 is 11.7. The zero-order chi connectivity index (χ0) is 19.7. The number of nitrogens with zero attached hydrogens (tertiary/aromatic N) is 2. The highest BCUT2D eigenvalue weighted by Gasteiger charge is 2.55. The molecule has 1 aromatic carbocycles. The van der Waals surface area contributed by atoms with E-state index in [4.69, 9.17) is 14.3 Å². The van der Waals surface area contributed by atoms with Gasteiger partial charge in [0, 0.05) is 12.5 Å². The van der Waals surface area contributed by atoms with Crippen molar-refractivity contribution in [1.82, 2.24) is 4.90 Å². The summed E-state index contributed by atoms with van der Waals surface area (Å²) in [5.74, 6) is 1.16. The molecule has 0 amide bonds. The molecule has 2 atom stereocenters. The molecule has 0 unspecified atom stereocenters. The molecule has 1 aliphatic carbocycles. The summed E-state index contributed by atoms with van der Waals surface area (Å²) in [6, 6.07) is 8.13. The first-order valence-corrected chi connectivity index (χ1v) is 9.66. The third kappa shape index (κ3) is 4.19. The predicted molar refractivity (Wildman–Crippen MR) is 109 cm³/mol. The number of hydrogen-bond donors (Lipinski definition) is 0. The number of methoxy groups -OCH3 is 1. The Morgan fingerprint density at radius 1 is 1.22 bits per heavy atom. The number of hydrogen-bond acceptors (Lipinski definition) is 5. The van der Waals surface area contributed by atoms with Crippen molar-refractivity contribution in [2.24, 2.45) is 11.1 Å². The topological polar surface area (TPSA) is 43.3 Å². The highest BCUT2D eigenvalue weighted by molar-refractivity contribution is 6.10. The van der Waals surface area contributed by atoms with Gasteiger partial charge in [0.15, 0.2) is 0 Å². The fraction of sp³-hybridized carbons (Fsp3) is 0.591. The van der Waals surface area contributed by atoms with Gasteiger partial charge in [0.05, 0.1) is 12.7 Å². The third-order valence-corrected chi connectivity index (χ3v) is 5.61. The number of oxime groups is 1. The second-order valence-corrected chi connectivity index (χ2v) is 8.48. The summed E-state index contributed by atoms with van der Waals surface area (Å²) in [4.78, 5) is 7.77. The van der Waals surface area contributed by atoms with E-state index in [-0.39, 0.29) is 5.60 Å². The lowest BCUT2D eigenvalue weighted by atomic mass is 9.64. The van der Waals surface area contributed by atoms with E-state index in [0.29, 0.717) is 12.5 Å². The van der Waals surface area contributed by atoms with Crippen LogP contribution < -0.4 is 4.74 Å². The minimum atomic E-state index is -0.408. The lowest BCUT2D eigenvalue weighted by Gasteiger charge is -2.55. The Morgan fingerprint density at radius 3 is 2.52 bits per heavy atom. The van der Waals surface area contributed by atoms with Gasteiger partial charge in [0.25, 0.3) is 0 Å². The molecule has 3 fully saturated rings. The molecular formula is C22H32N2O3. The summed E-state index contributed by atoms with van der Waals surface area (Å²) in [7, 11) is 5.74. The fourth-order valence-electron chi connectivity index (χ4n) is 4.17. The second-order valence-electron chi connectivity index (χ2n) is 8.48. The van der Waals surface area contributed by atoms with Crippen molar-refractivity contribution in [1.29, 1.82) is 0 Å². The molecular weight excluding hydrogens is 340 g/mol. The van der Waals surface area contributed by atoms with Crippen molar-refractivity contribution in [2.45, 2.75) is 44.8 Å². The fourth-order valence-corrected chi connectivity index (χ4v) is 4.17. The summed E-state index contributed by atoms with van der Waals surface area (Å²) >= 11 is 0. The van der Waals surface area contributed by atoms with E-state index in [0.717, 1.165) is 36.4 Å². The Morgan fingerprint density at radius 2 is 1.93 bits per heavy atom. The minimum Gasteiger partial charge on any atom is -0.497 e. The average molecular weight is 373 g/mol. The predicted octanol–water partition coefficient (Wildman–Crippen LogP) is 3.99. The van der Waals surface area contributed by atoms with Gasteiger partial charge in [0.2, 0.25) is 0 Å². The first kappa shape index (κ1) is 19.9. The molecule has 2 bridgehead atoms. The van der Waals surface area contributed by atoms with Gasteiger partial charge >= 0.3 is 0 Å². The van der Waals surface area contributed by atoms with E-state index in [1.165, 1.54) is 5.57 Å². The lowest BCUT2D eigenvalue weighted by Crippen LogP contribution is -2.60. The Labute approximate surface area is 163 Å². The zero-order valence-electron chi connectivity index (χ0n) is 17.4. The van der Waals surface area contributed by atoms with Crippen molar-refractivity contribution in [3.63, 3.8) is 0 Å². The Kier molecular flexibility index (Phi) is 5.63. The van der Waals surface area contributed by atoms with Gasteiger partial charge in [-0.05, 0) is 77.1 Å². The quantitative estimate of drug-likeness (QED) is 0.559. The summed E-state index contributed by atoms with van der Waals surface area (Å²) in [6.07, 6.45) is 4.30. The summed E-state index contributed by atoms with van der Waals surface area (Å²) in [5.41, 5.74) is 2.68. The van der Waals surface area contributed by atoms with Crippen LogP contribution in [0.5, 0.6) is 5.75 Å². The van der Waals surface area contributed by atoms with E-state index in [2.05, 4.69) is 49.0 Å². The maximum atomic E-state index is 6.47. The SMILES string of the molecule is COc1ccc(/C=C2\C(=N/OCCN(C)C)[C@]3(C)CC[C@H]2C(C)(C)O3)cc1. The van der Waals surface area contributed by atoms with Crippen LogP contribution in [0.4, 0.5) is 0 Å². The zero-order valence-corrected chi connectivity index (χ0v) is 17.4. The minimum absolute atomic E-state index is 0.214. The van der Waals surface area contributed by atoms with Crippen molar-refractivity contribution < 1.29 is 14.3 Å². The maximum Gasteiger partial charge on any atom is 0.129 e. The van der Waals surface area contributed by atoms with Gasteiger partial charge in [-0.3, -0.25) is 0 Å². The molecule has 2 saturated heterocycles. The molecule has 148 valence electrons. The van der Waals surface area contributed by atoms with Crippen LogP contribution in [-0.4, -0.2) is 56.2 Å². The van der Waals surface area contributed by atoms with Crippen molar-refractivity contribution >= 4 is 11.8 Å². The molecule has 1 saturated carbocycles. The molecule has 0 N–H and O–H groups in total. The van der Waals surface area contributed by atoms with Crippen LogP contribution in [0.2, 0.25) is 0 Å². The van der Waals surface area contributed by atoms with E-state index in [9.17, 15) is 0 Å². The van der Waals surface area contributed by atoms with Crippen LogP contribution in [0.25, 0.3) is 6.08 Å². The van der Waals surface area contributed by atoms with E-state index >= 15 is 0 Å². The molecule has 2 aliphatic heterocycles. The van der Waals surface area contributed by atoms with Crippen molar-refractivity contribution in [2.75, 3.05) is 34.4 Å². The van der Waals surface area contributed by atoms with Crippen LogP contribution in [0.3, 0.4) is 0 Å². The molecule has 5 heteroatoms. The van der Waals surface area contributed by atoms with E-state index < -0.39 is 5.60 Å². The third-order valence-electron chi connectivity index (χ3n) is 5.61. The number of likely N-dealkylation sites (N-methyl/N-ethyl adjacent to an activating group) is 1. The van der Waals surface area contributed by atoms with Gasteiger partial charge in [-0.25, -0.2) is 0 Å². The highest BCUT2D eigenvalue weighted by atomic mass is 16.6. The summed E-state index contributed by atoms with van der Waals surface area (Å²) in [6.45, 7) is 7.90. The van der Waals surface area contributed by atoms with Crippen LogP contribution >= 0.6 is 0 Å². The monoisotopic (exact) mass is 372 g/mol. The van der Waals surface area contributed by atoms with Crippen molar-refractivity contribution in [3.05, 3.63) is 35.4 Å². The van der Waals surface area contributed by atoms with Crippen molar-refractivity contribution in [3.8, 4) is 5.75 Å². The second kappa shape index (κ2) is 7.64. The molecule has 5 nitrogen and oxygen atoms in total. The number of ether oxygens (including phenoxy) is 2. The maximum absolute atomic E-state index is 6.47. The lowest BCUT2D eigenvalue weighted by molar-refractivity contribution is -0.165. The van der Waals surface area contributed by atoms with Crippen LogP contribution in [0.15, 0.2) is 35.0 Å². The van der Waals surface area contributed by atoms with E-state index in [1.807, 2.05) is 26.2 Å². The Hall–Kier alpha value is -1.85. The first-order valence-electron chi connectivity index (χ1n) is 9.66. The molecule has 0 spiro atoms. The van der Waals surface area contributed by atoms with E-state index in [1.54, 1.807) is 7.11 Å². The highest BCUT2D eigenvalue weighted by Crippen LogP contribution is 2.51. The average Bonchev–Trinajstić information content (AvgIpc) is 2.59. The molecule has 0 radical (unpaired) electrons. The molecule has 0 aromatic heterocycles. The molecule has 2 heterocycles. The number of fused-ring (bicyclic) bond motifs is 3. The number of benzene rings is 1. The van der Waals surface area contributed by atoms with Crippen LogP contribution in [-0.2, 0) is 9.57 Å². The molecule has 3 aliphatic rings. The van der Waals surface area contributed by atoms with Gasteiger partial charge < -0.3 is 19.2 Å². The summed E-state index contributed by atoms with van der Waals surface area (Å²) in [5, 5.41) is 4.56.